The number of hydrogen-bond acceptors (Lipinski definition) is 4. The largest absolute Gasteiger partial charge is 0.389 e. The zero-order chi connectivity index (χ0) is 12.7. The van der Waals surface area contributed by atoms with Gasteiger partial charge in [0, 0.05) is 12.2 Å². The average Bonchev–Trinajstić information content (AvgIpc) is 2.28. The molecule has 0 amide bonds. The van der Waals surface area contributed by atoms with E-state index < -0.39 is 0 Å². The molecule has 17 heavy (non-hydrogen) atoms. The van der Waals surface area contributed by atoms with Gasteiger partial charge in [-0.3, -0.25) is 0 Å². The summed E-state index contributed by atoms with van der Waals surface area (Å²) in [6.45, 7) is 2.87. The van der Waals surface area contributed by atoms with Crippen molar-refractivity contribution >= 4 is 34.8 Å². The number of aryl methyl sites for hydroxylation is 1. The summed E-state index contributed by atoms with van der Waals surface area (Å²) in [6, 6.07) is 3.85. The van der Waals surface area contributed by atoms with Crippen LogP contribution in [0.2, 0.25) is 0 Å². The fraction of sp³-hybridized carbons (Fsp3) is 0.500. The molecule has 0 spiro atoms. The SMILES string of the molecule is CSCCCCNc1nc(C)ccc1C(N)=S. The molecule has 94 valence electrons. The first-order valence-corrected chi connectivity index (χ1v) is 7.45. The van der Waals surface area contributed by atoms with Crippen molar-refractivity contribution in [1.82, 2.24) is 4.98 Å². The van der Waals surface area contributed by atoms with Gasteiger partial charge >= 0.3 is 0 Å². The van der Waals surface area contributed by atoms with Crippen LogP contribution in [0, 0.1) is 6.92 Å². The van der Waals surface area contributed by atoms with Gasteiger partial charge in [-0.1, -0.05) is 12.2 Å². The lowest BCUT2D eigenvalue weighted by atomic mass is 10.2. The van der Waals surface area contributed by atoms with Crippen molar-refractivity contribution in [3.63, 3.8) is 0 Å². The van der Waals surface area contributed by atoms with E-state index in [0.29, 0.717) is 4.99 Å². The van der Waals surface area contributed by atoms with Gasteiger partial charge < -0.3 is 11.1 Å². The maximum atomic E-state index is 5.66. The predicted molar refractivity (Wildman–Crippen MR) is 81.0 cm³/mol. The van der Waals surface area contributed by atoms with E-state index in [1.54, 1.807) is 0 Å². The number of nitrogens with zero attached hydrogens (tertiary/aromatic N) is 1. The minimum absolute atomic E-state index is 0.393. The van der Waals surface area contributed by atoms with E-state index in [2.05, 4.69) is 16.6 Å². The van der Waals surface area contributed by atoms with Gasteiger partial charge in [0.15, 0.2) is 0 Å². The minimum atomic E-state index is 0.393. The third-order valence-corrected chi connectivity index (χ3v) is 3.28. The maximum absolute atomic E-state index is 5.66. The number of unbranched alkanes of at least 4 members (excludes halogenated alkanes) is 1. The highest BCUT2D eigenvalue weighted by Crippen LogP contribution is 2.13. The van der Waals surface area contributed by atoms with E-state index in [1.165, 1.54) is 12.2 Å². The van der Waals surface area contributed by atoms with Gasteiger partial charge in [-0.05, 0) is 43.9 Å². The van der Waals surface area contributed by atoms with Crippen LogP contribution in [0.15, 0.2) is 12.1 Å². The van der Waals surface area contributed by atoms with Crippen molar-refractivity contribution in [1.29, 1.82) is 0 Å². The topological polar surface area (TPSA) is 50.9 Å². The Morgan fingerprint density at radius 2 is 2.24 bits per heavy atom. The quantitative estimate of drug-likeness (QED) is 0.588. The van der Waals surface area contributed by atoms with Crippen LogP contribution >= 0.6 is 24.0 Å². The van der Waals surface area contributed by atoms with E-state index in [0.717, 1.165) is 30.0 Å². The highest BCUT2D eigenvalue weighted by molar-refractivity contribution is 7.98. The molecule has 0 atom stereocenters. The summed E-state index contributed by atoms with van der Waals surface area (Å²) in [5.74, 6) is 2.01. The van der Waals surface area contributed by atoms with Crippen LogP contribution in [0.3, 0.4) is 0 Å². The fourth-order valence-electron chi connectivity index (χ4n) is 1.47. The summed E-state index contributed by atoms with van der Waals surface area (Å²) in [5.41, 5.74) is 7.46. The molecule has 3 N–H and O–H groups in total. The van der Waals surface area contributed by atoms with Gasteiger partial charge in [-0.15, -0.1) is 0 Å². The lowest BCUT2D eigenvalue weighted by Crippen LogP contribution is -2.15. The molecule has 1 aromatic heterocycles. The number of nitrogens with one attached hydrogen (secondary N) is 1. The second-order valence-corrected chi connectivity index (χ2v) is 5.27. The molecule has 1 rings (SSSR count). The molecule has 0 saturated heterocycles. The average molecular weight is 269 g/mol. The molecule has 0 bridgehead atoms. The molecule has 0 saturated carbocycles. The Hall–Kier alpha value is -0.810. The number of rotatable bonds is 7. The predicted octanol–water partition coefficient (Wildman–Crippen LogP) is 2.58. The van der Waals surface area contributed by atoms with E-state index >= 15 is 0 Å². The summed E-state index contributed by atoms with van der Waals surface area (Å²) in [5, 5.41) is 3.31. The van der Waals surface area contributed by atoms with E-state index in [-0.39, 0.29) is 0 Å². The van der Waals surface area contributed by atoms with Crippen LogP contribution in [-0.4, -0.2) is 28.5 Å². The Labute approximate surface area is 113 Å². The fourth-order valence-corrected chi connectivity index (χ4v) is 2.13. The lowest BCUT2D eigenvalue weighted by Gasteiger charge is -2.10. The Kier molecular flexibility index (Phi) is 6.29. The van der Waals surface area contributed by atoms with Crippen molar-refractivity contribution in [3.05, 3.63) is 23.4 Å². The van der Waals surface area contributed by atoms with Crippen LogP contribution in [0.4, 0.5) is 5.82 Å². The van der Waals surface area contributed by atoms with Crippen LogP contribution < -0.4 is 11.1 Å². The molecule has 1 aromatic rings. The van der Waals surface area contributed by atoms with Crippen molar-refractivity contribution < 1.29 is 0 Å². The van der Waals surface area contributed by atoms with Crippen LogP contribution in [0.25, 0.3) is 0 Å². The summed E-state index contributed by atoms with van der Waals surface area (Å²) in [6.07, 6.45) is 4.47. The maximum Gasteiger partial charge on any atom is 0.136 e. The number of thiocarbonyl (C=S) groups is 1. The highest BCUT2D eigenvalue weighted by Gasteiger charge is 2.06. The molecule has 3 nitrogen and oxygen atoms in total. The third kappa shape index (κ3) is 4.91. The third-order valence-electron chi connectivity index (χ3n) is 2.37. The van der Waals surface area contributed by atoms with E-state index in [9.17, 15) is 0 Å². The molecule has 0 aromatic carbocycles. The monoisotopic (exact) mass is 269 g/mol. The number of anilines is 1. The van der Waals surface area contributed by atoms with Crippen LogP contribution in [0.1, 0.15) is 24.1 Å². The van der Waals surface area contributed by atoms with Gasteiger partial charge in [-0.25, -0.2) is 4.98 Å². The highest BCUT2D eigenvalue weighted by atomic mass is 32.2. The first-order valence-electron chi connectivity index (χ1n) is 5.65. The number of thioether (sulfide) groups is 1. The van der Waals surface area contributed by atoms with E-state index in [1.807, 2.05) is 30.8 Å². The van der Waals surface area contributed by atoms with Crippen molar-refractivity contribution in [2.24, 2.45) is 5.73 Å². The van der Waals surface area contributed by atoms with Gasteiger partial charge in [-0.2, -0.15) is 11.8 Å². The Morgan fingerprint density at radius 1 is 1.47 bits per heavy atom. The number of hydrogen-bond donors (Lipinski definition) is 2. The van der Waals surface area contributed by atoms with Crippen LogP contribution in [0.5, 0.6) is 0 Å². The Morgan fingerprint density at radius 3 is 2.88 bits per heavy atom. The van der Waals surface area contributed by atoms with Crippen molar-refractivity contribution in [2.75, 3.05) is 23.9 Å². The number of pyridine rings is 1. The normalized spacial score (nSPS) is 10.2. The molecule has 0 aliphatic heterocycles. The van der Waals surface area contributed by atoms with Gasteiger partial charge in [0.1, 0.15) is 10.8 Å². The van der Waals surface area contributed by atoms with Crippen molar-refractivity contribution in [2.45, 2.75) is 19.8 Å². The second-order valence-electron chi connectivity index (χ2n) is 3.84. The summed E-state index contributed by atoms with van der Waals surface area (Å²) < 4.78 is 0. The first kappa shape index (κ1) is 14.3. The smallest absolute Gasteiger partial charge is 0.136 e. The summed E-state index contributed by atoms with van der Waals surface area (Å²) >= 11 is 6.88. The standard InChI is InChI=1S/C12H19N3S2/c1-9-5-6-10(11(13)16)12(15-9)14-7-3-4-8-17-2/h5-6H,3-4,7-8H2,1-2H3,(H2,13,16)(H,14,15). The van der Waals surface area contributed by atoms with Gasteiger partial charge in [0.25, 0.3) is 0 Å². The second kappa shape index (κ2) is 7.50. The Bertz CT molecular complexity index is 380. The molecule has 0 aliphatic carbocycles. The molecule has 0 radical (unpaired) electrons. The zero-order valence-corrected chi connectivity index (χ0v) is 12.0. The van der Waals surface area contributed by atoms with E-state index in [4.69, 9.17) is 18.0 Å². The molecular formula is C12H19N3S2. The zero-order valence-electron chi connectivity index (χ0n) is 10.3. The Balaban J connectivity index is 2.56. The molecule has 0 aliphatic rings. The number of nitrogens with two attached hydrogens (primary N) is 1. The minimum Gasteiger partial charge on any atom is -0.389 e. The summed E-state index contributed by atoms with van der Waals surface area (Å²) in [4.78, 5) is 4.82. The van der Waals surface area contributed by atoms with Gasteiger partial charge in [0.05, 0.1) is 5.56 Å². The molecule has 0 unspecified atom stereocenters. The molecule has 5 heteroatoms. The number of aromatic nitrogens is 1. The van der Waals surface area contributed by atoms with Crippen molar-refractivity contribution in [3.8, 4) is 0 Å². The molecular weight excluding hydrogens is 250 g/mol. The molecule has 1 heterocycles. The van der Waals surface area contributed by atoms with Gasteiger partial charge in [0.2, 0.25) is 0 Å². The lowest BCUT2D eigenvalue weighted by molar-refractivity contribution is 0.839. The summed E-state index contributed by atoms with van der Waals surface area (Å²) in [7, 11) is 0. The first-order chi connectivity index (χ1) is 8.15. The van der Waals surface area contributed by atoms with Crippen LogP contribution in [-0.2, 0) is 0 Å². The molecule has 0 fully saturated rings.